The molecule has 3 aromatic heterocycles. The SMILES string of the molecule is C=Nc1ccc2[nH]c3ccc(Nc4ccc5[nH]c6ccccc6c5c4)cc3c2c1.CC(C)c1ccc2[nH]c3ccccc3c2c1. The Labute approximate surface area is 260 Å². The third-order valence-corrected chi connectivity index (χ3v) is 8.76. The van der Waals surface area contributed by atoms with Crippen molar-refractivity contribution >= 4 is 89.2 Å². The van der Waals surface area contributed by atoms with Gasteiger partial charge in [-0.3, -0.25) is 4.99 Å². The molecule has 0 atom stereocenters. The van der Waals surface area contributed by atoms with E-state index in [1.807, 2.05) is 6.07 Å². The second kappa shape index (κ2) is 10.7. The standard InChI is InChI=1S/C25H18N4.C15H15N/c1-26-15-6-9-24-20(12-15)21-14-17(8-11-25(21)29-24)27-16-7-10-23-19(13-16)18-4-2-3-5-22(18)28-23;1-10(2)11-7-8-15-13(9-11)12-5-3-4-6-14(12)16-15/h2-14,27-29H,1H2;3-10,16H,1-2H3. The summed E-state index contributed by atoms with van der Waals surface area (Å²) in [5, 5.41) is 11.0. The first kappa shape index (κ1) is 26.8. The number of hydrogen-bond acceptors (Lipinski definition) is 2. The van der Waals surface area contributed by atoms with Gasteiger partial charge in [-0.15, -0.1) is 0 Å². The zero-order chi connectivity index (χ0) is 30.5. The van der Waals surface area contributed by atoms with E-state index in [0.717, 1.165) is 44.5 Å². The maximum Gasteiger partial charge on any atom is 0.0630 e. The molecule has 9 rings (SSSR count). The van der Waals surface area contributed by atoms with Crippen LogP contribution in [0.4, 0.5) is 17.1 Å². The van der Waals surface area contributed by atoms with Crippen molar-refractivity contribution in [3.05, 3.63) is 127 Å². The van der Waals surface area contributed by atoms with Gasteiger partial charge in [0.2, 0.25) is 0 Å². The van der Waals surface area contributed by atoms with Gasteiger partial charge in [-0.05, 0) is 97.1 Å². The third-order valence-electron chi connectivity index (χ3n) is 8.76. The van der Waals surface area contributed by atoms with E-state index in [9.17, 15) is 0 Å². The Morgan fingerprint density at radius 2 is 0.933 bits per heavy atom. The maximum atomic E-state index is 4.06. The molecular formula is C40H33N5. The molecule has 5 heteroatoms. The summed E-state index contributed by atoms with van der Waals surface area (Å²) < 4.78 is 0. The van der Waals surface area contributed by atoms with Crippen LogP contribution in [0.15, 0.2) is 126 Å². The molecule has 0 saturated heterocycles. The fourth-order valence-corrected chi connectivity index (χ4v) is 6.38. The summed E-state index contributed by atoms with van der Waals surface area (Å²) in [6.07, 6.45) is 0. The van der Waals surface area contributed by atoms with Crippen molar-refractivity contribution in [1.82, 2.24) is 15.0 Å². The van der Waals surface area contributed by atoms with Crippen LogP contribution in [0, 0.1) is 0 Å². The molecule has 0 aliphatic rings. The fraction of sp³-hybridized carbons (Fsp3) is 0.0750. The van der Waals surface area contributed by atoms with E-state index >= 15 is 0 Å². The number of aliphatic imine (C=N–C) groups is 1. The molecule has 0 saturated carbocycles. The van der Waals surface area contributed by atoms with Crippen molar-refractivity contribution in [1.29, 1.82) is 0 Å². The number of hydrogen-bond donors (Lipinski definition) is 4. The molecule has 5 nitrogen and oxygen atoms in total. The molecule has 3 heterocycles. The summed E-state index contributed by atoms with van der Waals surface area (Å²) in [6.45, 7) is 8.11. The van der Waals surface area contributed by atoms with Gasteiger partial charge in [0.1, 0.15) is 0 Å². The van der Waals surface area contributed by atoms with Crippen molar-refractivity contribution in [2.24, 2.45) is 4.99 Å². The summed E-state index contributed by atoms with van der Waals surface area (Å²) in [7, 11) is 0. The Balaban J connectivity index is 0.000000159. The van der Waals surface area contributed by atoms with Gasteiger partial charge in [-0.2, -0.15) is 0 Å². The molecule has 0 unspecified atom stereocenters. The average Bonchev–Trinajstić information content (AvgIpc) is 3.75. The Hall–Kier alpha value is -5.81. The zero-order valence-corrected chi connectivity index (χ0v) is 25.3. The minimum Gasteiger partial charge on any atom is -0.355 e. The normalized spacial score (nSPS) is 11.6. The van der Waals surface area contributed by atoms with Crippen LogP contribution < -0.4 is 5.32 Å². The number of H-pyrrole nitrogens is 3. The van der Waals surface area contributed by atoms with Crippen molar-refractivity contribution in [3.8, 4) is 0 Å². The number of aromatic amines is 3. The second-order valence-electron chi connectivity index (χ2n) is 12.0. The van der Waals surface area contributed by atoms with Crippen LogP contribution in [-0.4, -0.2) is 21.7 Å². The number of benzene rings is 6. The van der Waals surface area contributed by atoms with Crippen LogP contribution in [0.5, 0.6) is 0 Å². The highest BCUT2D eigenvalue weighted by Crippen LogP contribution is 2.33. The lowest BCUT2D eigenvalue weighted by Crippen LogP contribution is -1.89. The Kier molecular flexibility index (Phi) is 6.38. The molecule has 0 radical (unpaired) electrons. The minimum atomic E-state index is 0.582. The van der Waals surface area contributed by atoms with Crippen molar-refractivity contribution in [2.45, 2.75) is 19.8 Å². The number of para-hydroxylation sites is 2. The summed E-state index contributed by atoms with van der Waals surface area (Å²) >= 11 is 0. The minimum absolute atomic E-state index is 0.582. The molecule has 0 aliphatic heterocycles. The smallest absolute Gasteiger partial charge is 0.0630 e. The van der Waals surface area contributed by atoms with Gasteiger partial charge < -0.3 is 20.3 Å². The maximum absolute atomic E-state index is 4.06. The first-order chi connectivity index (χ1) is 22.0. The van der Waals surface area contributed by atoms with E-state index in [2.05, 4.69) is 161 Å². The lowest BCUT2D eigenvalue weighted by Gasteiger charge is -2.07. The molecule has 0 aliphatic carbocycles. The number of nitrogens with zero attached hydrogens (tertiary/aromatic N) is 1. The van der Waals surface area contributed by atoms with Crippen LogP contribution in [-0.2, 0) is 0 Å². The highest BCUT2D eigenvalue weighted by atomic mass is 14.9. The van der Waals surface area contributed by atoms with E-state index in [1.165, 1.54) is 43.5 Å². The molecule has 9 aromatic rings. The average molecular weight is 584 g/mol. The van der Waals surface area contributed by atoms with Crippen molar-refractivity contribution in [2.75, 3.05) is 5.32 Å². The quantitative estimate of drug-likeness (QED) is 0.153. The fourth-order valence-electron chi connectivity index (χ4n) is 6.38. The van der Waals surface area contributed by atoms with Crippen LogP contribution in [0.3, 0.4) is 0 Å². The highest BCUT2D eigenvalue weighted by molar-refractivity contribution is 6.10. The highest BCUT2D eigenvalue weighted by Gasteiger charge is 2.09. The van der Waals surface area contributed by atoms with Gasteiger partial charge in [0.05, 0.1) is 5.69 Å². The summed E-state index contributed by atoms with van der Waals surface area (Å²) in [4.78, 5) is 14.4. The lowest BCUT2D eigenvalue weighted by atomic mass is 10.0. The summed E-state index contributed by atoms with van der Waals surface area (Å²) in [6, 6.07) is 42.5. The molecule has 0 amide bonds. The van der Waals surface area contributed by atoms with Gasteiger partial charge >= 0.3 is 0 Å². The molecular weight excluding hydrogens is 550 g/mol. The van der Waals surface area contributed by atoms with Crippen LogP contribution >= 0.6 is 0 Å². The van der Waals surface area contributed by atoms with Gasteiger partial charge in [0.15, 0.2) is 0 Å². The number of nitrogens with one attached hydrogen (secondary N) is 4. The first-order valence-corrected chi connectivity index (χ1v) is 15.3. The molecule has 6 aromatic carbocycles. The largest absolute Gasteiger partial charge is 0.355 e. The Morgan fingerprint density at radius 3 is 1.49 bits per heavy atom. The van der Waals surface area contributed by atoms with E-state index in [1.54, 1.807) is 0 Å². The van der Waals surface area contributed by atoms with Gasteiger partial charge in [0, 0.05) is 76.8 Å². The predicted octanol–water partition coefficient (Wildman–Crippen LogP) is 11.5. The molecule has 45 heavy (non-hydrogen) atoms. The van der Waals surface area contributed by atoms with Crippen LogP contribution in [0.25, 0.3) is 65.4 Å². The topological polar surface area (TPSA) is 71.8 Å². The zero-order valence-electron chi connectivity index (χ0n) is 25.3. The van der Waals surface area contributed by atoms with E-state index in [0.29, 0.717) is 5.92 Å². The Bertz CT molecular complexity index is 2520. The summed E-state index contributed by atoms with van der Waals surface area (Å²) in [5.74, 6) is 0.582. The van der Waals surface area contributed by atoms with Crippen molar-refractivity contribution < 1.29 is 0 Å². The van der Waals surface area contributed by atoms with E-state index in [-0.39, 0.29) is 0 Å². The predicted molar refractivity (Wildman–Crippen MR) is 194 cm³/mol. The summed E-state index contributed by atoms with van der Waals surface area (Å²) in [5.41, 5.74) is 11.4. The van der Waals surface area contributed by atoms with Gasteiger partial charge in [-0.1, -0.05) is 56.3 Å². The second-order valence-corrected chi connectivity index (χ2v) is 12.0. The van der Waals surface area contributed by atoms with Crippen molar-refractivity contribution in [3.63, 3.8) is 0 Å². The monoisotopic (exact) mass is 583 g/mol. The van der Waals surface area contributed by atoms with Gasteiger partial charge in [0.25, 0.3) is 0 Å². The molecule has 0 fully saturated rings. The molecule has 0 bridgehead atoms. The van der Waals surface area contributed by atoms with Crippen LogP contribution in [0.1, 0.15) is 25.3 Å². The number of anilines is 2. The lowest BCUT2D eigenvalue weighted by molar-refractivity contribution is 0.869. The number of rotatable bonds is 4. The number of aromatic nitrogens is 3. The molecule has 4 N–H and O–H groups in total. The van der Waals surface area contributed by atoms with Crippen LogP contribution in [0.2, 0.25) is 0 Å². The van der Waals surface area contributed by atoms with E-state index in [4.69, 9.17) is 0 Å². The third kappa shape index (κ3) is 4.79. The number of fused-ring (bicyclic) bond motifs is 9. The van der Waals surface area contributed by atoms with E-state index < -0.39 is 0 Å². The first-order valence-electron chi connectivity index (χ1n) is 15.3. The molecule has 0 spiro atoms. The Morgan fingerprint density at radius 1 is 0.489 bits per heavy atom. The van der Waals surface area contributed by atoms with Gasteiger partial charge in [-0.25, -0.2) is 0 Å². The molecule has 218 valence electrons.